The number of halogens is 1. The highest BCUT2D eigenvalue weighted by Gasteiger charge is 2.14. The minimum Gasteiger partial charge on any atom is -0.496 e. The van der Waals surface area contributed by atoms with Crippen molar-refractivity contribution in [2.24, 2.45) is 0 Å². The predicted molar refractivity (Wildman–Crippen MR) is 87.5 cm³/mol. The molecular formula is C17H20BrNO. The van der Waals surface area contributed by atoms with Gasteiger partial charge in [-0.1, -0.05) is 40.2 Å². The molecule has 0 amide bonds. The number of ether oxygens (including phenoxy) is 1. The summed E-state index contributed by atoms with van der Waals surface area (Å²) in [6, 6.07) is 13.0. The van der Waals surface area contributed by atoms with Gasteiger partial charge in [-0.2, -0.15) is 0 Å². The molecule has 0 saturated carbocycles. The second-order valence-electron chi connectivity index (χ2n) is 4.96. The molecule has 2 nitrogen and oxygen atoms in total. The van der Waals surface area contributed by atoms with Crippen LogP contribution in [0.1, 0.15) is 28.3 Å². The Balaban J connectivity index is 2.41. The van der Waals surface area contributed by atoms with Crippen molar-refractivity contribution in [3.8, 4) is 5.75 Å². The molecule has 0 fully saturated rings. The fraction of sp³-hybridized carbons (Fsp3) is 0.294. The van der Waals surface area contributed by atoms with Crippen LogP contribution < -0.4 is 10.1 Å². The molecular weight excluding hydrogens is 314 g/mol. The second kappa shape index (κ2) is 6.42. The highest BCUT2D eigenvalue weighted by molar-refractivity contribution is 9.10. The van der Waals surface area contributed by atoms with Crippen LogP contribution in [0.4, 0.5) is 0 Å². The fourth-order valence-electron chi connectivity index (χ4n) is 2.45. The van der Waals surface area contributed by atoms with Gasteiger partial charge in [0.05, 0.1) is 13.2 Å². The first-order valence-electron chi connectivity index (χ1n) is 6.64. The Labute approximate surface area is 129 Å². The van der Waals surface area contributed by atoms with Crippen LogP contribution in [-0.4, -0.2) is 14.2 Å². The van der Waals surface area contributed by atoms with Crippen molar-refractivity contribution in [1.82, 2.24) is 5.32 Å². The molecule has 0 aliphatic rings. The van der Waals surface area contributed by atoms with Crippen LogP contribution in [-0.2, 0) is 0 Å². The molecule has 1 atom stereocenters. The SMILES string of the molecule is CNC(c1ccc(Br)c(C)c1)c1ccc(OC)c(C)c1. The van der Waals surface area contributed by atoms with E-state index in [1.54, 1.807) is 7.11 Å². The zero-order valence-corrected chi connectivity index (χ0v) is 13.9. The highest BCUT2D eigenvalue weighted by Crippen LogP contribution is 2.28. The zero-order valence-electron chi connectivity index (χ0n) is 12.3. The van der Waals surface area contributed by atoms with Crippen LogP contribution in [0.3, 0.4) is 0 Å². The minimum absolute atomic E-state index is 0.186. The molecule has 3 heteroatoms. The van der Waals surface area contributed by atoms with Crippen molar-refractivity contribution in [1.29, 1.82) is 0 Å². The van der Waals surface area contributed by atoms with Gasteiger partial charge in [-0.3, -0.25) is 0 Å². The summed E-state index contributed by atoms with van der Waals surface area (Å²) >= 11 is 3.55. The Kier molecular flexibility index (Phi) is 4.84. The van der Waals surface area contributed by atoms with Crippen LogP contribution >= 0.6 is 15.9 Å². The fourth-order valence-corrected chi connectivity index (χ4v) is 2.70. The van der Waals surface area contributed by atoms with E-state index in [9.17, 15) is 0 Å². The van der Waals surface area contributed by atoms with Crippen LogP contribution in [0.5, 0.6) is 5.75 Å². The lowest BCUT2D eigenvalue weighted by Gasteiger charge is -2.19. The highest BCUT2D eigenvalue weighted by atomic mass is 79.9. The van der Waals surface area contributed by atoms with Gasteiger partial charge in [-0.15, -0.1) is 0 Å². The standard InChI is InChI=1S/C17H20BrNO/c1-11-9-13(5-7-15(11)18)17(19-3)14-6-8-16(20-4)12(2)10-14/h5-10,17,19H,1-4H3. The minimum atomic E-state index is 0.186. The van der Waals surface area contributed by atoms with E-state index >= 15 is 0 Å². The lowest BCUT2D eigenvalue weighted by atomic mass is 9.96. The van der Waals surface area contributed by atoms with E-state index in [4.69, 9.17) is 4.74 Å². The molecule has 0 heterocycles. The number of hydrogen-bond donors (Lipinski definition) is 1. The van der Waals surface area contributed by atoms with Gasteiger partial charge in [0.25, 0.3) is 0 Å². The number of nitrogens with one attached hydrogen (secondary N) is 1. The summed E-state index contributed by atoms with van der Waals surface area (Å²) < 4.78 is 6.47. The molecule has 0 radical (unpaired) electrons. The number of rotatable bonds is 4. The van der Waals surface area contributed by atoms with Gasteiger partial charge in [0.1, 0.15) is 5.75 Å². The van der Waals surface area contributed by atoms with Gasteiger partial charge in [0, 0.05) is 4.47 Å². The summed E-state index contributed by atoms with van der Waals surface area (Å²) in [5.74, 6) is 0.926. The first-order chi connectivity index (χ1) is 9.56. The van der Waals surface area contributed by atoms with Crippen molar-refractivity contribution in [2.75, 3.05) is 14.2 Å². The average molecular weight is 334 g/mol. The second-order valence-corrected chi connectivity index (χ2v) is 5.81. The van der Waals surface area contributed by atoms with Crippen molar-refractivity contribution in [3.05, 3.63) is 63.1 Å². The summed E-state index contributed by atoms with van der Waals surface area (Å²) in [7, 11) is 3.69. The van der Waals surface area contributed by atoms with Gasteiger partial charge in [-0.05, 0) is 55.3 Å². The third-order valence-electron chi connectivity index (χ3n) is 3.56. The Morgan fingerprint density at radius 3 is 2.10 bits per heavy atom. The van der Waals surface area contributed by atoms with E-state index in [1.165, 1.54) is 16.7 Å². The molecule has 20 heavy (non-hydrogen) atoms. The molecule has 0 aliphatic carbocycles. The topological polar surface area (TPSA) is 21.3 Å². The van der Waals surface area contributed by atoms with E-state index in [2.05, 4.69) is 65.4 Å². The molecule has 0 spiro atoms. The van der Waals surface area contributed by atoms with E-state index in [-0.39, 0.29) is 6.04 Å². The monoisotopic (exact) mass is 333 g/mol. The summed E-state index contributed by atoms with van der Waals surface area (Å²) in [5, 5.41) is 3.39. The molecule has 0 aromatic heterocycles. The van der Waals surface area contributed by atoms with E-state index in [0.29, 0.717) is 0 Å². The maximum Gasteiger partial charge on any atom is 0.121 e. The lowest BCUT2D eigenvalue weighted by Crippen LogP contribution is -2.18. The summed E-state index contributed by atoms with van der Waals surface area (Å²) in [4.78, 5) is 0. The Morgan fingerprint density at radius 1 is 1.00 bits per heavy atom. The molecule has 106 valence electrons. The third kappa shape index (κ3) is 3.05. The maximum atomic E-state index is 5.33. The molecule has 1 unspecified atom stereocenters. The van der Waals surface area contributed by atoms with E-state index in [1.807, 2.05) is 13.1 Å². The number of methoxy groups -OCH3 is 1. The smallest absolute Gasteiger partial charge is 0.121 e. The van der Waals surface area contributed by atoms with Gasteiger partial charge < -0.3 is 10.1 Å². The van der Waals surface area contributed by atoms with Crippen LogP contribution in [0.15, 0.2) is 40.9 Å². The number of aryl methyl sites for hydroxylation is 2. The number of benzene rings is 2. The van der Waals surface area contributed by atoms with Gasteiger partial charge in [-0.25, -0.2) is 0 Å². The largest absolute Gasteiger partial charge is 0.496 e. The maximum absolute atomic E-state index is 5.33. The third-order valence-corrected chi connectivity index (χ3v) is 4.45. The average Bonchev–Trinajstić information content (AvgIpc) is 2.44. The molecule has 2 rings (SSSR count). The van der Waals surface area contributed by atoms with Crippen molar-refractivity contribution >= 4 is 15.9 Å². The first-order valence-corrected chi connectivity index (χ1v) is 7.44. The molecule has 2 aromatic carbocycles. The summed E-state index contributed by atoms with van der Waals surface area (Å²) in [5.41, 5.74) is 4.90. The molecule has 0 bridgehead atoms. The predicted octanol–water partition coefficient (Wildman–Crippen LogP) is 4.38. The van der Waals surface area contributed by atoms with Gasteiger partial charge in [0.2, 0.25) is 0 Å². The van der Waals surface area contributed by atoms with Crippen molar-refractivity contribution in [3.63, 3.8) is 0 Å². The number of hydrogen-bond acceptors (Lipinski definition) is 2. The Hall–Kier alpha value is -1.32. The summed E-state index contributed by atoms with van der Waals surface area (Å²) in [6.07, 6.45) is 0. The molecule has 0 aliphatic heterocycles. The summed E-state index contributed by atoms with van der Waals surface area (Å²) in [6.45, 7) is 4.18. The van der Waals surface area contributed by atoms with E-state index in [0.717, 1.165) is 15.8 Å². The zero-order chi connectivity index (χ0) is 14.7. The van der Waals surface area contributed by atoms with Crippen LogP contribution in [0, 0.1) is 13.8 Å². The first kappa shape index (κ1) is 15.1. The van der Waals surface area contributed by atoms with Crippen molar-refractivity contribution < 1.29 is 4.74 Å². The van der Waals surface area contributed by atoms with Crippen LogP contribution in [0.25, 0.3) is 0 Å². The molecule has 1 N–H and O–H groups in total. The Bertz CT molecular complexity index is 610. The van der Waals surface area contributed by atoms with Gasteiger partial charge in [0.15, 0.2) is 0 Å². The Morgan fingerprint density at radius 2 is 1.60 bits per heavy atom. The van der Waals surface area contributed by atoms with Crippen LogP contribution in [0.2, 0.25) is 0 Å². The molecule has 2 aromatic rings. The lowest BCUT2D eigenvalue weighted by molar-refractivity contribution is 0.411. The van der Waals surface area contributed by atoms with Crippen molar-refractivity contribution in [2.45, 2.75) is 19.9 Å². The normalized spacial score (nSPS) is 12.2. The quantitative estimate of drug-likeness (QED) is 0.896. The van der Waals surface area contributed by atoms with Gasteiger partial charge >= 0.3 is 0 Å². The van der Waals surface area contributed by atoms with E-state index < -0.39 is 0 Å². The molecule has 0 saturated heterocycles.